The molecule has 1 aromatic heterocycles. The number of carbonyl (C=O) groups excluding carboxylic acids is 1. The van der Waals surface area contributed by atoms with Gasteiger partial charge in [0.15, 0.2) is 5.03 Å². The Bertz CT molecular complexity index is 958. The maximum absolute atomic E-state index is 12.4. The lowest BCUT2D eigenvalue weighted by atomic mass is 10.2. The van der Waals surface area contributed by atoms with Crippen molar-refractivity contribution < 1.29 is 9.53 Å². The van der Waals surface area contributed by atoms with E-state index in [1.54, 1.807) is 36.7 Å². The molecule has 1 aliphatic heterocycles. The summed E-state index contributed by atoms with van der Waals surface area (Å²) >= 11 is 7.39. The van der Waals surface area contributed by atoms with E-state index in [9.17, 15) is 4.79 Å². The monoisotopic (exact) mass is 411 g/mol. The number of halogens is 1. The van der Waals surface area contributed by atoms with Crippen LogP contribution in [0, 0.1) is 0 Å². The molecule has 0 unspecified atom stereocenters. The van der Waals surface area contributed by atoms with Crippen LogP contribution in [0.15, 0.2) is 70.8 Å². The fourth-order valence-corrected chi connectivity index (χ4v) is 3.86. The van der Waals surface area contributed by atoms with E-state index in [4.69, 9.17) is 16.3 Å². The van der Waals surface area contributed by atoms with Crippen molar-refractivity contribution in [3.63, 3.8) is 0 Å². The third-order valence-electron chi connectivity index (χ3n) is 4.37. The van der Waals surface area contributed by atoms with Crippen molar-refractivity contribution in [3.05, 3.63) is 71.5 Å². The maximum atomic E-state index is 12.4. The largest absolute Gasteiger partial charge is 0.437 e. The molecule has 7 heteroatoms. The Morgan fingerprint density at radius 3 is 2.36 bits per heavy atom. The average molecular weight is 412 g/mol. The quantitative estimate of drug-likeness (QED) is 0.569. The lowest BCUT2D eigenvalue weighted by molar-refractivity contribution is 0.0793. The second-order valence-corrected chi connectivity index (χ2v) is 7.85. The third-order valence-corrected chi connectivity index (χ3v) is 5.60. The van der Waals surface area contributed by atoms with Crippen LogP contribution >= 0.6 is 23.4 Å². The van der Waals surface area contributed by atoms with Crippen molar-refractivity contribution in [1.29, 1.82) is 0 Å². The molecular weight excluding hydrogens is 394 g/mol. The highest BCUT2D eigenvalue weighted by Gasteiger charge is 2.19. The minimum atomic E-state index is 0.0718. The lowest BCUT2D eigenvalue weighted by Crippen LogP contribution is -2.27. The second kappa shape index (κ2) is 8.63. The summed E-state index contributed by atoms with van der Waals surface area (Å²) in [6.45, 7) is 1.67. The first-order valence-corrected chi connectivity index (χ1v) is 10.2. The second-order valence-electron chi connectivity index (χ2n) is 6.35. The smallest absolute Gasteiger partial charge is 0.253 e. The van der Waals surface area contributed by atoms with Gasteiger partial charge in [0.25, 0.3) is 11.8 Å². The van der Waals surface area contributed by atoms with Crippen LogP contribution in [0.4, 0.5) is 0 Å². The molecule has 2 aromatic carbocycles. The number of ether oxygens (including phenoxy) is 1. The van der Waals surface area contributed by atoms with Gasteiger partial charge in [-0.05, 0) is 61.4 Å². The molecule has 0 radical (unpaired) electrons. The number of amides is 1. The van der Waals surface area contributed by atoms with Crippen molar-refractivity contribution in [3.8, 4) is 11.6 Å². The fourth-order valence-electron chi connectivity index (χ4n) is 2.95. The molecule has 28 heavy (non-hydrogen) atoms. The van der Waals surface area contributed by atoms with Gasteiger partial charge >= 0.3 is 0 Å². The Kier molecular flexibility index (Phi) is 5.78. The molecule has 1 saturated heterocycles. The molecule has 4 rings (SSSR count). The lowest BCUT2D eigenvalue weighted by Gasteiger charge is -2.15. The summed E-state index contributed by atoms with van der Waals surface area (Å²) in [5.74, 6) is 1.10. The van der Waals surface area contributed by atoms with Gasteiger partial charge in [-0.2, -0.15) is 0 Å². The van der Waals surface area contributed by atoms with E-state index in [1.807, 2.05) is 29.2 Å². The van der Waals surface area contributed by atoms with Crippen LogP contribution in [-0.2, 0) is 0 Å². The Morgan fingerprint density at radius 1 is 0.964 bits per heavy atom. The predicted octanol–water partition coefficient (Wildman–Crippen LogP) is 5.31. The molecule has 0 bridgehead atoms. The fraction of sp³-hybridized carbons (Fsp3) is 0.190. The summed E-state index contributed by atoms with van der Waals surface area (Å²) < 4.78 is 5.92. The van der Waals surface area contributed by atoms with Crippen molar-refractivity contribution in [2.75, 3.05) is 13.1 Å². The summed E-state index contributed by atoms with van der Waals surface area (Å²) in [5.41, 5.74) is 0.671. The molecule has 2 heterocycles. The van der Waals surface area contributed by atoms with E-state index in [0.29, 0.717) is 27.2 Å². The highest BCUT2D eigenvalue weighted by atomic mass is 35.5. The molecule has 1 aliphatic rings. The van der Waals surface area contributed by atoms with Gasteiger partial charge in [0.2, 0.25) is 0 Å². The molecule has 0 atom stereocenters. The summed E-state index contributed by atoms with van der Waals surface area (Å²) in [5, 5.41) is 1.34. The number of likely N-dealkylation sites (tertiary alicyclic amines) is 1. The Morgan fingerprint density at radius 2 is 1.64 bits per heavy atom. The highest BCUT2D eigenvalue weighted by molar-refractivity contribution is 7.99. The van der Waals surface area contributed by atoms with E-state index >= 15 is 0 Å². The van der Waals surface area contributed by atoms with Crippen LogP contribution in [0.5, 0.6) is 11.6 Å². The van der Waals surface area contributed by atoms with Crippen molar-refractivity contribution >= 4 is 29.3 Å². The van der Waals surface area contributed by atoms with Crippen LogP contribution in [0.3, 0.4) is 0 Å². The van der Waals surface area contributed by atoms with Gasteiger partial charge in [0, 0.05) is 41.0 Å². The van der Waals surface area contributed by atoms with Crippen molar-refractivity contribution in [2.24, 2.45) is 0 Å². The zero-order valence-electron chi connectivity index (χ0n) is 15.0. The summed E-state index contributed by atoms with van der Waals surface area (Å²) in [6.07, 6.45) is 5.37. The van der Waals surface area contributed by atoms with Crippen molar-refractivity contribution in [2.45, 2.75) is 22.8 Å². The zero-order chi connectivity index (χ0) is 19.3. The first kappa shape index (κ1) is 18.8. The van der Waals surface area contributed by atoms with Crippen molar-refractivity contribution in [1.82, 2.24) is 14.9 Å². The average Bonchev–Trinajstić information content (AvgIpc) is 3.26. The molecule has 0 N–H and O–H groups in total. The molecule has 142 valence electrons. The Balaban J connectivity index is 1.48. The predicted molar refractivity (Wildman–Crippen MR) is 109 cm³/mol. The number of benzene rings is 2. The summed E-state index contributed by atoms with van der Waals surface area (Å²) in [4.78, 5) is 24.0. The van der Waals surface area contributed by atoms with E-state index in [1.165, 1.54) is 11.8 Å². The van der Waals surface area contributed by atoms with E-state index in [2.05, 4.69) is 9.97 Å². The minimum Gasteiger partial charge on any atom is -0.437 e. The number of hydrogen-bond acceptors (Lipinski definition) is 5. The van der Waals surface area contributed by atoms with Crippen LogP contribution in [0.1, 0.15) is 23.2 Å². The highest BCUT2D eigenvalue weighted by Crippen LogP contribution is 2.34. The third kappa shape index (κ3) is 4.46. The normalized spacial score (nSPS) is 13.5. The van der Waals surface area contributed by atoms with Gasteiger partial charge in [0.1, 0.15) is 5.75 Å². The van der Waals surface area contributed by atoms with E-state index in [-0.39, 0.29) is 5.91 Å². The van der Waals surface area contributed by atoms with E-state index in [0.717, 1.165) is 30.8 Å². The van der Waals surface area contributed by atoms with Gasteiger partial charge in [-0.15, -0.1) is 0 Å². The maximum Gasteiger partial charge on any atom is 0.253 e. The molecule has 1 fully saturated rings. The minimum absolute atomic E-state index is 0.0718. The Labute approximate surface area is 172 Å². The molecule has 3 aromatic rings. The van der Waals surface area contributed by atoms with Gasteiger partial charge < -0.3 is 9.64 Å². The Hall–Kier alpha value is -2.57. The molecule has 0 aliphatic carbocycles. The molecular formula is C21H18ClN3O2S. The number of aromatic nitrogens is 2. The van der Waals surface area contributed by atoms with E-state index < -0.39 is 0 Å². The molecule has 0 spiro atoms. The number of carbonyl (C=O) groups is 1. The van der Waals surface area contributed by atoms with Gasteiger partial charge in [0.05, 0.1) is 0 Å². The molecule has 1 amide bonds. The summed E-state index contributed by atoms with van der Waals surface area (Å²) in [7, 11) is 0. The SMILES string of the molecule is O=C(c1ccc(Oc2nccnc2Sc2ccc(Cl)cc2)cc1)N1CCCC1. The standard InChI is InChI=1S/C21H18ClN3O2S/c22-16-5-9-18(10-6-16)28-20-19(23-11-12-24-20)27-17-7-3-15(4-8-17)21(26)25-13-1-2-14-25/h3-12H,1-2,13-14H2. The van der Waals surface area contributed by atoms with Gasteiger partial charge in [-0.3, -0.25) is 4.79 Å². The van der Waals surface area contributed by atoms with Crippen LogP contribution < -0.4 is 4.74 Å². The summed E-state index contributed by atoms with van der Waals surface area (Å²) in [6, 6.07) is 14.7. The first-order valence-electron chi connectivity index (χ1n) is 9.01. The van der Waals surface area contributed by atoms with Crippen LogP contribution in [-0.4, -0.2) is 33.9 Å². The topological polar surface area (TPSA) is 55.3 Å². The number of rotatable bonds is 5. The number of hydrogen-bond donors (Lipinski definition) is 0. The zero-order valence-corrected chi connectivity index (χ0v) is 16.6. The van der Waals surface area contributed by atoms with Crippen LogP contribution in [0.2, 0.25) is 5.02 Å². The van der Waals surface area contributed by atoms with Gasteiger partial charge in [-0.1, -0.05) is 23.4 Å². The molecule has 5 nitrogen and oxygen atoms in total. The molecule has 0 saturated carbocycles. The van der Waals surface area contributed by atoms with Crippen LogP contribution in [0.25, 0.3) is 0 Å². The first-order chi connectivity index (χ1) is 13.7. The number of nitrogens with zero attached hydrogens (tertiary/aromatic N) is 3. The van der Waals surface area contributed by atoms with Gasteiger partial charge in [-0.25, -0.2) is 9.97 Å².